The summed E-state index contributed by atoms with van der Waals surface area (Å²) in [5.41, 5.74) is 3.70. The maximum atomic E-state index is 5.37. The highest BCUT2D eigenvalue weighted by Gasteiger charge is 2.08. The first-order valence-electron chi connectivity index (χ1n) is 4.76. The van der Waals surface area contributed by atoms with E-state index in [4.69, 9.17) is 5.84 Å². The molecule has 0 aliphatic rings. The van der Waals surface area contributed by atoms with Gasteiger partial charge in [0.2, 0.25) is 0 Å². The molecule has 0 amide bonds. The molecule has 0 bridgehead atoms. The van der Waals surface area contributed by atoms with Gasteiger partial charge in [-0.25, -0.2) is 15.8 Å². The summed E-state index contributed by atoms with van der Waals surface area (Å²) in [5, 5.41) is 1.04. The Balaban J connectivity index is 2.90. The molecule has 4 nitrogen and oxygen atoms in total. The van der Waals surface area contributed by atoms with Crippen molar-refractivity contribution in [3.63, 3.8) is 0 Å². The first-order chi connectivity index (χ1) is 6.83. The summed E-state index contributed by atoms with van der Waals surface area (Å²) in [5.74, 6) is 7.19. The average Bonchev–Trinajstić information content (AvgIpc) is 2.25. The number of hydrogen-bond acceptors (Lipinski definition) is 5. The second-order valence-corrected chi connectivity index (χ2v) is 3.94. The van der Waals surface area contributed by atoms with Crippen molar-refractivity contribution < 1.29 is 0 Å². The lowest BCUT2D eigenvalue weighted by molar-refractivity contribution is 0.938. The average molecular weight is 212 g/mol. The zero-order valence-electron chi connectivity index (χ0n) is 8.58. The molecule has 0 fully saturated rings. The Morgan fingerprint density at radius 1 is 1.43 bits per heavy atom. The maximum absolute atomic E-state index is 5.37. The van der Waals surface area contributed by atoms with E-state index < -0.39 is 0 Å². The van der Waals surface area contributed by atoms with Crippen molar-refractivity contribution in [1.29, 1.82) is 0 Å². The minimum Gasteiger partial charge on any atom is -0.308 e. The molecule has 0 radical (unpaired) electrons. The fourth-order valence-electron chi connectivity index (χ4n) is 1.16. The standard InChI is InChI=1S/C9H16N4S/c1-3-5-14-9-7(4-2)8(13-10)11-6-12-9/h6H,3-5,10H2,1-2H3,(H,11,12,13). The zero-order chi connectivity index (χ0) is 10.4. The fraction of sp³-hybridized carbons (Fsp3) is 0.556. The number of rotatable bonds is 5. The number of nitrogen functional groups attached to an aromatic ring is 1. The van der Waals surface area contributed by atoms with Gasteiger partial charge >= 0.3 is 0 Å². The molecule has 1 rings (SSSR count). The Bertz CT molecular complexity index is 290. The molecule has 1 aromatic heterocycles. The molecule has 0 spiro atoms. The molecule has 5 heteroatoms. The third-order valence-electron chi connectivity index (χ3n) is 1.84. The van der Waals surface area contributed by atoms with Gasteiger partial charge in [-0.1, -0.05) is 13.8 Å². The van der Waals surface area contributed by atoms with Crippen molar-refractivity contribution in [3.8, 4) is 0 Å². The molecule has 0 aliphatic carbocycles. The summed E-state index contributed by atoms with van der Waals surface area (Å²) in [7, 11) is 0. The van der Waals surface area contributed by atoms with E-state index in [1.165, 1.54) is 0 Å². The zero-order valence-corrected chi connectivity index (χ0v) is 9.40. The molecule has 78 valence electrons. The molecular weight excluding hydrogens is 196 g/mol. The van der Waals surface area contributed by atoms with Crippen LogP contribution >= 0.6 is 11.8 Å². The molecule has 0 unspecified atom stereocenters. The fourth-order valence-corrected chi connectivity index (χ4v) is 2.10. The summed E-state index contributed by atoms with van der Waals surface area (Å²) in [6, 6.07) is 0. The van der Waals surface area contributed by atoms with Crippen LogP contribution in [0.1, 0.15) is 25.8 Å². The third-order valence-corrected chi connectivity index (χ3v) is 3.08. The van der Waals surface area contributed by atoms with Crippen molar-refractivity contribution in [2.45, 2.75) is 31.7 Å². The van der Waals surface area contributed by atoms with Gasteiger partial charge in [0.1, 0.15) is 17.2 Å². The van der Waals surface area contributed by atoms with Crippen molar-refractivity contribution in [2.24, 2.45) is 5.84 Å². The van der Waals surface area contributed by atoms with E-state index in [9.17, 15) is 0 Å². The van der Waals surface area contributed by atoms with Gasteiger partial charge in [-0.3, -0.25) is 0 Å². The first-order valence-corrected chi connectivity index (χ1v) is 5.75. The molecule has 0 saturated carbocycles. The van der Waals surface area contributed by atoms with Gasteiger partial charge in [-0.15, -0.1) is 11.8 Å². The van der Waals surface area contributed by atoms with Crippen LogP contribution in [-0.4, -0.2) is 15.7 Å². The van der Waals surface area contributed by atoms with E-state index in [-0.39, 0.29) is 0 Å². The topological polar surface area (TPSA) is 63.8 Å². The number of nitrogens with two attached hydrogens (primary N) is 1. The van der Waals surface area contributed by atoms with Crippen molar-refractivity contribution in [1.82, 2.24) is 9.97 Å². The number of nitrogens with one attached hydrogen (secondary N) is 1. The highest BCUT2D eigenvalue weighted by Crippen LogP contribution is 2.24. The van der Waals surface area contributed by atoms with Gasteiger partial charge in [-0.2, -0.15) is 0 Å². The van der Waals surface area contributed by atoms with Gasteiger partial charge in [0.05, 0.1) is 0 Å². The summed E-state index contributed by atoms with van der Waals surface area (Å²) in [6.07, 6.45) is 3.59. The van der Waals surface area contributed by atoms with Gasteiger partial charge in [0, 0.05) is 5.56 Å². The van der Waals surface area contributed by atoms with Gasteiger partial charge in [0.25, 0.3) is 0 Å². The van der Waals surface area contributed by atoms with Crippen LogP contribution in [0.5, 0.6) is 0 Å². The molecule has 0 atom stereocenters. The van der Waals surface area contributed by atoms with Crippen LogP contribution in [0.4, 0.5) is 5.82 Å². The van der Waals surface area contributed by atoms with Crippen molar-refractivity contribution in [3.05, 3.63) is 11.9 Å². The van der Waals surface area contributed by atoms with Crippen LogP contribution in [0.2, 0.25) is 0 Å². The van der Waals surface area contributed by atoms with E-state index >= 15 is 0 Å². The van der Waals surface area contributed by atoms with Gasteiger partial charge in [-0.05, 0) is 18.6 Å². The third kappa shape index (κ3) is 2.59. The van der Waals surface area contributed by atoms with Crippen LogP contribution in [0, 0.1) is 0 Å². The van der Waals surface area contributed by atoms with Crippen LogP contribution in [-0.2, 0) is 6.42 Å². The van der Waals surface area contributed by atoms with E-state index in [0.29, 0.717) is 0 Å². The normalized spacial score (nSPS) is 10.2. The number of nitrogens with zero attached hydrogens (tertiary/aromatic N) is 2. The number of hydrazine groups is 1. The van der Waals surface area contributed by atoms with Gasteiger partial charge in [0.15, 0.2) is 0 Å². The molecule has 0 aliphatic heterocycles. The number of thioether (sulfide) groups is 1. The smallest absolute Gasteiger partial charge is 0.147 e. The predicted molar refractivity (Wildman–Crippen MR) is 60.2 cm³/mol. The molecule has 14 heavy (non-hydrogen) atoms. The monoisotopic (exact) mass is 212 g/mol. The minimum atomic E-state index is 0.737. The molecular formula is C9H16N4S. The highest BCUT2D eigenvalue weighted by atomic mass is 32.2. The highest BCUT2D eigenvalue weighted by molar-refractivity contribution is 7.99. The van der Waals surface area contributed by atoms with E-state index in [1.807, 2.05) is 0 Å². The van der Waals surface area contributed by atoms with Crippen LogP contribution in [0.3, 0.4) is 0 Å². The Morgan fingerprint density at radius 2 is 2.21 bits per heavy atom. The largest absolute Gasteiger partial charge is 0.308 e. The Morgan fingerprint density at radius 3 is 2.79 bits per heavy atom. The maximum Gasteiger partial charge on any atom is 0.147 e. The van der Waals surface area contributed by atoms with E-state index in [0.717, 1.165) is 35.0 Å². The molecule has 0 saturated heterocycles. The van der Waals surface area contributed by atoms with Crippen LogP contribution < -0.4 is 11.3 Å². The minimum absolute atomic E-state index is 0.737. The first kappa shape index (κ1) is 11.3. The summed E-state index contributed by atoms with van der Waals surface area (Å²) >= 11 is 1.75. The molecule has 1 aromatic rings. The summed E-state index contributed by atoms with van der Waals surface area (Å²) < 4.78 is 0. The lowest BCUT2D eigenvalue weighted by Gasteiger charge is -2.09. The lowest BCUT2D eigenvalue weighted by Crippen LogP contribution is -2.12. The van der Waals surface area contributed by atoms with Crippen molar-refractivity contribution >= 4 is 17.6 Å². The molecule has 0 aromatic carbocycles. The summed E-state index contributed by atoms with van der Waals surface area (Å²) in [4.78, 5) is 8.33. The number of aromatic nitrogens is 2. The Kier molecular flexibility index (Phi) is 4.69. The van der Waals surface area contributed by atoms with Gasteiger partial charge < -0.3 is 5.43 Å². The predicted octanol–water partition coefficient (Wildman–Crippen LogP) is 1.83. The second kappa shape index (κ2) is 5.82. The Hall–Kier alpha value is -0.810. The number of hydrogen-bond donors (Lipinski definition) is 2. The van der Waals surface area contributed by atoms with E-state index in [1.54, 1.807) is 18.1 Å². The second-order valence-electron chi connectivity index (χ2n) is 2.85. The van der Waals surface area contributed by atoms with Crippen LogP contribution in [0.25, 0.3) is 0 Å². The quantitative estimate of drug-likeness (QED) is 0.337. The molecule has 3 N–H and O–H groups in total. The Labute approximate surface area is 88.7 Å². The van der Waals surface area contributed by atoms with Crippen LogP contribution in [0.15, 0.2) is 11.4 Å². The lowest BCUT2D eigenvalue weighted by atomic mass is 10.2. The SMILES string of the molecule is CCCSc1ncnc(NN)c1CC. The van der Waals surface area contributed by atoms with Crippen molar-refractivity contribution in [2.75, 3.05) is 11.2 Å². The van der Waals surface area contributed by atoms with E-state index in [2.05, 4.69) is 29.2 Å². The summed E-state index contributed by atoms with van der Waals surface area (Å²) in [6.45, 7) is 4.23. The molecule has 1 heterocycles. The number of anilines is 1.